The Labute approximate surface area is 216 Å². The van der Waals surface area contributed by atoms with Crippen LogP contribution in [0.5, 0.6) is 5.75 Å². The standard InChI is InChI=1S/C31H33F2NO3/c32-26-13-11-25(12-14-26)29(36)15-10-24(21-35)20-34-27-16-18-31(33,19-17-27)28-8-4-5-9-30(28)37-22-23-6-2-1-3-7-23/h1-9,11-14,16-18,24,29,34-36H,10,15,19-22H2. The molecule has 0 bridgehead atoms. The Morgan fingerprint density at radius 2 is 1.68 bits per heavy atom. The predicted molar refractivity (Wildman–Crippen MR) is 141 cm³/mol. The third-order valence-electron chi connectivity index (χ3n) is 6.67. The monoisotopic (exact) mass is 505 g/mol. The highest BCUT2D eigenvalue weighted by Gasteiger charge is 2.33. The third-order valence-corrected chi connectivity index (χ3v) is 6.67. The highest BCUT2D eigenvalue weighted by atomic mass is 19.1. The maximum atomic E-state index is 16.0. The molecule has 0 saturated carbocycles. The molecule has 194 valence electrons. The summed E-state index contributed by atoms with van der Waals surface area (Å²) in [6.07, 6.45) is 5.55. The van der Waals surface area contributed by atoms with Gasteiger partial charge in [0.15, 0.2) is 5.67 Å². The van der Waals surface area contributed by atoms with Crippen molar-refractivity contribution in [1.29, 1.82) is 0 Å². The molecule has 37 heavy (non-hydrogen) atoms. The van der Waals surface area contributed by atoms with Gasteiger partial charge in [-0.15, -0.1) is 0 Å². The summed E-state index contributed by atoms with van der Waals surface area (Å²) in [6, 6.07) is 22.7. The van der Waals surface area contributed by atoms with Gasteiger partial charge in [0.2, 0.25) is 0 Å². The zero-order chi connectivity index (χ0) is 26.1. The molecular weight excluding hydrogens is 472 g/mol. The molecular formula is C31H33F2NO3. The number of hydrogen-bond donors (Lipinski definition) is 3. The van der Waals surface area contributed by atoms with Crippen LogP contribution >= 0.6 is 0 Å². The maximum Gasteiger partial charge on any atom is 0.161 e. The summed E-state index contributed by atoms with van der Waals surface area (Å²) in [5.74, 6) is 0.0830. The molecule has 0 aromatic heterocycles. The van der Waals surface area contributed by atoms with Gasteiger partial charge in [0.1, 0.15) is 18.2 Å². The number of aliphatic hydroxyl groups is 2. The van der Waals surface area contributed by atoms with Crippen LogP contribution in [0.2, 0.25) is 0 Å². The maximum absolute atomic E-state index is 16.0. The smallest absolute Gasteiger partial charge is 0.161 e. The van der Waals surface area contributed by atoms with Gasteiger partial charge in [0.25, 0.3) is 0 Å². The van der Waals surface area contributed by atoms with Crippen LogP contribution in [0.1, 0.15) is 42.1 Å². The molecule has 0 saturated heterocycles. The molecule has 0 aliphatic heterocycles. The first-order valence-electron chi connectivity index (χ1n) is 12.6. The quantitative estimate of drug-likeness (QED) is 0.277. The van der Waals surface area contributed by atoms with E-state index in [4.69, 9.17) is 4.74 Å². The van der Waals surface area contributed by atoms with Crippen LogP contribution in [-0.4, -0.2) is 23.4 Å². The van der Waals surface area contributed by atoms with Crippen molar-refractivity contribution in [1.82, 2.24) is 5.32 Å². The number of ether oxygens (including phenoxy) is 1. The van der Waals surface area contributed by atoms with Crippen molar-refractivity contribution >= 4 is 0 Å². The Bertz CT molecular complexity index is 1200. The van der Waals surface area contributed by atoms with Gasteiger partial charge < -0.3 is 20.3 Å². The SMILES string of the molecule is OCC(CCC(O)c1ccc(F)cc1)CNC1=CCC(F)(c2ccccc2OCc2ccccc2)C=C1. The number of allylic oxidation sites excluding steroid dienone is 3. The van der Waals surface area contributed by atoms with Gasteiger partial charge in [-0.1, -0.05) is 66.7 Å². The van der Waals surface area contributed by atoms with E-state index >= 15 is 4.39 Å². The van der Waals surface area contributed by atoms with Gasteiger partial charge >= 0.3 is 0 Å². The summed E-state index contributed by atoms with van der Waals surface area (Å²) in [4.78, 5) is 0. The molecule has 0 spiro atoms. The van der Waals surface area contributed by atoms with Gasteiger partial charge in [-0.25, -0.2) is 8.78 Å². The topological polar surface area (TPSA) is 61.7 Å². The lowest BCUT2D eigenvalue weighted by molar-refractivity contribution is 0.142. The first-order chi connectivity index (χ1) is 18.0. The normalized spacial score (nSPS) is 18.6. The van der Waals surface area contributed by atoms with Crippen LogP contribution in [0.4, 0.5) is 8.78 Å². The number of nitrogens with one attached hydrogen (secondary N) is 1. The first-order valence-corrected chi connectivity index (χ1v) is 12.6. The predicted octanol–water partition coefficient (Wildman–Crippen LogP) is 6.13. The second-order valence-corrected chi connectivity index (χ2v) is 9.40. The number of halogens is 2. The number of para-hydroxylation sites is 1. The van der Waals surface area contributed by atoms with E-state index in [0.717, 1.165) is 11.3 Å². The minimum absolute atomic E-state index is 0.0424. The van der Waals surface area contributed by atoms with E-state index in [1.165, 1.54) is 12.1 Å². The second-order valence-electron chi connectivity index (χ2n) is 9.40. The largest absolute Gasteiger partial charge is 0.488 e. The summed E-state index contributed by atoms with van der Waals surface area (Å²) in [7, 11) is 0. The minimum atomic E-state index is -1.69. The Morgan fingerprint density at radius 1 is 0.946 bits per heavy atom. The summed E-state index contributed by atoms with van der Waals surface area (Å²) in [5.41, 5.74) is 1.25. The van der Waals surface area contributed by atoms with Gasteiger partial charge in [-0.05, 0) is 60.2 Å². The summed E-state index contributed by atoms with van der Waals surface area (Å²) in [5, 5.41) is 23.4. The van der Waals surface area contributed by atoms with Gasteiger partial charge in [0, 0.05) is 30.8 Å². The molecule has 3 unspecified atom stereocenters. The molecule has 3 aromatic carbocycles. The van der Waals surface area contributed by atoms with Crippen LogP contribution in [0.3, 0.4) is 0 Å². The van der Waals surface area contributed by atoms with Crippen LogP contribution in [0.25, 0.3) is 0 Å². The molecule has 0 heterocycles. The zero-order valence-corrected chi connectivity index (χ0v) is 20.7. The van der Waals surface area contributed by atoms with E-state index < -0.39 is 11.8 Å². The van der Waals surface area contributed by atoms with Crippen molar-refractivity contribution in [3.05, 3.63) is 125 Å². The lowest BCUT2D eigenvalue weighted by atomic mass is 9.87. The summed E-state index contributed by atoms with van der Waals surface area (Å²) >= 11 is 0. The van der Waals surface area contributed by atoms with Gasteiger partial charge in [0.05, 0.1) is 6.10 Å². The molecule has 0 radical (unpaired) electrons. The molecule has 4 rings (SSSR count). The van der Waals surface area contributed by atoms with Crippen molar-refractivity contribution in [2.24, 2.45) is 5.92 Å². The number of aliphatic hydroxyl groups excluding tert-OH is 2. The average molecular weight is 506 g/mol. The Kier molecular flexibility index (Phi) is 9.09. The van der Waals surface area contributed by atoms with Crippen molar-refractivity contribution < 1.29 is 23.7 Å². The number of alkyl halides is 1. The van der Waals surface area contributed by atoms with Crippen LogP contribution < -0.4 is 10.1 Å². The first kappa shape index (κ1) is 26.6. The van der Waals surface area contributed by atoms with Crippen molar-refractivity contribution in [3.8, 4) is 5.75 Å². The highest BCUT2D eigenvalue weighted by molar-refractivity contribution is 5.44. The number of hydrogen-bond acceptors (Lipinski definition) is 4. The van der Waals surface area contributed by atoms with E-state index in [1.54, 1.807) is 36.4 Å². The molecule has 3 N–H and O–H groups in total. The van der Waals surface area contributed by atoms with Gasteiger partial charge in [-0.3, -0.25) is 0 Å². The lowest BCUT2D eigenvalue weighted by Crippen LogP contribution is -2.27. The van der Waals surface area contributed by atoms with Crippen LogP contribution in [0, 0.1) is 11.7 Å². The second kappa shape index (κ2) is 12.7. The van der Waals surface area contributed by atoms with Crippen LogP contribution in [0.15, 0.2) is 103 Å². The number of benzene rings is 3. The fourth-order valence-electron chi connectivity index (χ4n) is 4.38. The van der Waals surface area contributed by atoms with E-state index in [1.807, 2.05) is 48.5 Å². The molecule has 1 aliphatic carbocycles. The van der Waals surface area contributed by atoms with E-state index in [-0.39, 0.29) is 24.8 Å². The van der Waals surface area contributed by atoms with E-state index in [9.17, 15) is 14.6 Å². The van der Waals surface area contributed by atoms with Crippen molar-refractivity contribution in [3.63, 3.8) is 0 Å². The number of rotatable bonds is 12. The Hall–Kier alpha value is -3.48. The Morgan fingerprint density at radius 3 is 2.38 bits per heavy atom. The Balaban J connectivity index is 1.30. The fraction of sp³-hybridized carbons (Fsp3) is 0.290. The highest BCUT2D eigenvalue weighted by Crippen LogP contribution is 2.40. The molecule has 1 aliphatic rings. The van der Waals surface area contributed by atoms with Crippen molar-refractivity contribution in [2.75, 3.05) is 13.2 Å². The fourth-order valence-corrected chi connectivity index (χ4v) is 4.38. The van der Waals surface area contributed by atoms with Gasteiger partial charge in [-0.2, -0.15) is 0 Å². The average Bonchev–Trinajstić information content (AvgIpc) is 2.94. The summed E-state index contributed by atoms with van der Waals surface area (Å²) < 4.78 is 35.1. The molecule has 0 fully saturated rings. The summed E-state index contributed by atoms with van der Waals surface area (Å²) in [6.45, 7) is 0.802. The lowest BCUT2D eigenvalue weighted by Gasteiger charge is -2.27. The molecule has 4 nitrogen and oxygen atoms in total. The van der Waals surface area contributed by atoms with E-state index in [2.05, 4.69) is 5.32 Å². The van der Waals surface area contributed by atoms with Crippen LogP contribution in [-0.2, 0) is 12.3 Å². The molecule has 3 aromatic rings. The molecule has 3 atom stereocenters. The molecule has 6 heteroatoms. The minimum Gasteiger partial charge on any atom is -0.488 e. The van der Waals surface area contributed by atoms with E-state index in [0.29, 0.717) is 42.9 Å². The van der Waals surface area contributed by atoms with Crippen molar-refractivity contribution in [2.45, 2.75) is 37.6 Å². The third kappa shape index (κ3) is 7.28. The molecule has 0 amide bonds. The zero-order valence-electron chi connectivity index (χ0n) is 20.7.